The number of carbonyl (C=O) groups is 2. The van der Waals surface area contributed by atoms with Crippen LogP contribution in [0.5, 0.6) is 0 Å². The minimum atomic E-state index is -3.89. The predicted molar refractivity (Wildman–Crippen MR) is 122 cm³/mol. The molecule has 1 heterocycles. The van der Waals surface area contributed by atoms with Crippen molar-refractivity contribution >= 4 is 39.1 Å². The van der Waals surface area contributed by atoms with E-state index in [1.165, 1.54) is 34.6 Å². The second kappa shape index (κ2) is 8.64. The quantitative estimate of drug-likeness (QED) is 0.571. The SMILES string of the molecule is C[C@H]1Cc2ccccc2N1S(=O)(=O)c1cccc(C(=O)NNC(=O)c2cccc(Cl)c2)c1. The highest BCUT2D eigenvalue weighted by atomic mass is 35.5. The number of sulfonamides is 1. The van der Waals surface area contributed by atoms with Crippen LogP contribution in [0.15, 0.2) is 77.7 Å². The standard InChI is InChI=1S/C23H20ClN3O4S/c1-15-12-16-6-2-3-11-21(16)27(15)32(30,31)20-10-5-8-18(14-20)23(29)26-25-22(28)17-7-4-9-19(24)13-17/h2-11,13-15H,12H2,1H3,(H,25,28)(H,26,29)/t15-/m0/s1. The number of para-hydroxylation sites is 1. The highest BCUT2D eigenvalue weighted by molar-refractivity contribution is 7.92. The molecule has 0 spiro atoms. The molecule has 3 aromatic rings. The van der Waals surface area contributed by atoms with E-state index in [2.05, 4.69) is 10.9 Å². The summed E-state index contributed by atoms with van der Waals surface area (Å²) in [6, 6.07) is 19.1. The molecule has 32 heavy (non-hydrogen) atoms. The molecule has 0 aromatic heterocycles. The molecule has 1 atom stereocenters. The lowest BCUT2D eigenvalue weighted by Gasteiger charge is -2.24. The normalized spacial score (nSPS) is 15.2. The molecule has 2 N–H and O–H groups in total. The first-order valence-corrected chi connectivity index (χ1v) is 11.7. The summed E-state index contributed by atoms with van der Waals surface area (Å²) in [5.41, 5.74) is 6.57. The number of rotatable bonds is 4. The first kappa shape index (κ1) is 21.9. The fraction of sp³-hybridized carbons (Fsp3) is 0.130. The van der Waals surface area contributed by atoms with Crippen molar-refractivity contribution in [1.82, 2.24) is 10.9 Å². The third kappa shape index (κ3) is 4.19. The maximum absolute atomic E-state index is 13.4. The molecule has 0 saturated heterocycles. The van der Waals surface area contributed by atoms with Crippen LogP contribution in [0.4, 0.5) is 5.69 Å². The van der Waals surface area contributed by atoms with Gasteiger partial charge in [-0.3, -0.25) is 24.7 Å². The molecule has 4 rings (SSSR count). The highest BCUT2D eigenvalue weighted by Gasteiger charge is 2.36. The van der Waals surface area contributed by atoms with Gasteiger partial charge in [0.05, 0.1) is 10.6 Å². The van der Waals surface area contributed by atoms with Crippen LogP contribution in [0.2, 0.25) is 5.02 Å². The third-order valence-corrected chi connectivity index (χ3v) is 7.33. The fourth-order valence-corrected chi connectivity index (χ4v) is 5.63. The first-order chi connectivity index (χ1) is 15.3. The molecule has 0 bridgehead atoms. The van der Waals surface area contributed by atoms with Crippen LogP contribution in [-0.2, 0) is 16.4 Å². The van der Waals surface area contributed by atoms with Gasteiger partial charge in [0, 0.05) is 22.2 Å². The average molecular weight is 470 g/mol. The summed E-state index contributed by atoms with van der Waals surface area (Å²) in [6.45, 7) is 1.85. The van der Waals surface area contributed by atoms with Crippen LogP contribution in [0.1, 0.15) is 33.2 Å². The van der Waals surface area contributed by atoms with Crippen molar-refractivity contribution in [3.05, 3.63) is 94.5 Å². The van der Waals surface area contributed by atoms with Gasteiger partial charge in [0.2, 0.25) is 0 Å². The summed E-state index contributed by atoms with van der Waals surface area (Å²) in [4.78, 5) is 24.7. The summed E-state index contributed by atoms with van der Waals surface area (Å²) in [5, 5.41) is 0.389. The Hall–Kier alpha value is -3.36. The summed E-state index contributed by atoms with van der Waals surface area (Å²) >= 11 is 5.88. The molecule has 7 nitrogen and oxygen atoms in total. The number of hydrogen-bond donors (Lipinski definition) is 2. The predicted octanol–water partition coefficient (Wildman–Crippen LogP) is 3.55. The number of amides is 2. The van der Waals surface area contributed by atoms with Crippen LogP contribution < -0.4 is 15.2 Å². The number of nitrogens with zero attached hydrogens (tertiary/aromatic N) is 1. The Morgan fingerprint density at radius 1 is 0.906 bits per heavy atom. The molecule has 0 saturated carbocycles. The van der Waals surface area contributed by atoms with Crippen molar-refractivity contribution < 1.29 is 18.0 Å². The Labute approximate surface area is 191 Å². The molecule has 164 valence electrons. The van der Waals surface area contributed by atoms with Crippen molar-refractivity contribution in [3.8, 4) is 0 Å². The van der Waals surface area contributed by atoms with Crippen LogP contribution >= 0.6 is 11.6 Å². The lowest BCUT2D eigenvalue weighted by atomic mass is 10.1. The molecular weight excluding hydrogens is 450 g/mol. The van der Waals surface area contributed by atoms with E-state index in [-0.39, 0.29) is 22.1 Å². The van der Waals surface area contributed by atoms with Gasteiger partial charge in [-0.2, -0.15) is 0 Å². The second-order valence-electron chi connectivity index (χ2n) is 7.43. The number of hydrogen-bond acceptors (Lipinski definition) is 4. The molecule has 0 unspecified atom stereocenters. The monoisotopic (exact) mass is 469 g/mol. The summed E-state index contributed by atoms with van der Waals surface area (Å²) in [7, 11) is -3.89. The molecule has 0 radical (unpaired) electrons. The Morgan fingerprint density at radius 3 is 2.22 bits per heavy atom. The average Bonchev–Trinajstić information content (AvgIpc) is 3.13. The van der Waals surface area contributed by atoms with Gasteiger partial charge < -0.3 is 0 Å². The molecule has 0 aliphatic carbocycles. The first-order valence-electron chi connectivity index (χ1n) is 9.86. The molecule has 2 amide bonds. The Balaban J connectivity index is 1.53. The van der Waals surface area contributed by atoms with E-state index in [4.69, 9.17) is 11.6 Å². The van der Waals surface area contributed by atoms with Gasteiger partial charge >= 0.3 is 0 Å². The second-order valence-corrected chi connectivity index (χ2v) is 9.68. The highest BCUT2D eigenvalue weighted by Crippen LogP contribution is 2.36. The van der Waals surface area contributed by atoms with Crippen LogP contribution in [-0.4, -0.2) is 26.3 Å². The number of fused-ring (bicyclic) bond motifs is 1. The fourth-order valence-electron chi connectivity index (χ4n) is 3.70. The molecule has 1 aliphatic heterocycles. The molecule has 0 fully saturated rings. The van der Waals surface area contributed by atoms with E-state index in [0.717, 1.165) is 5.56 Å². The zero-order valence-electron chi connectivity index (χ0n) is 17.1. The number of benzene rings is 3. The number of nitrogens with one attached hydrogen (secondary N) is 2. The largest absolute Gasteiger partial charge is 0.269 e. The number of carbonyl (C=O) groups excluding carboxylic acids is 2. The minimum absolute atomic E-state index is 0.00475. The van der Waals surface area contributed by atoms with Crippen LogP contribution in [0.25, 0.3) is 0 Å². The van der Waals surface area contributed by atoms with E-state index in [0.29, 0.717) is 17.1 Å². The number of anilines is 1. The summed E-state index contributed by atoms with van der Waals surface area (Å²) in [6.07, 6.45) is 0.616. The summed E-state index contributed by atoms with van der Waals surface area (Å²) in [5.74, 6) is -1.19. The maximum Gasteiger partial charge on any atom is 0.269 e. The van der Waals surface area contributed by atoms with Crippen LogP contribution in [0, 0.1) is 0 Å². The zero-order chi connectivity index (χ0) is 22.9. The minimum Gasteiger partial charge on any atom is -0.267 e. The van der Waals surface area contributed by atoms with Gasteiger partial charge in [0.25, 0.3) is 21.8 Å². The molecule has 1 aliphatic rings. The van der Waals surface area contributed by atoms with E-state index >= 15 is 0 Å². The van der Waals surface area contributed by atoms with Crippen molar-refractivity contribution in [2.45, 2.75) is 24.3 Å². The Kier molecular flexibility index (Phi) is 5.90. The molecule has 3 aromatic carbocycles. The summed E-state index contributed by atoms with van der Waals surface area (Å²) < 4.78 is 28.1. The van der Waals surface area contributed by atoms with Crippen molar-refractivity contribution in [1.29, 1.82) is 0 Å². The van der Waals surface area contributed by atoms with Crippen molar-refractivity contribution in [3.63, 3.8) is 0 Å². The topological polar surface area (TPSA) is 95.6 Å². The van der Waals surface area contributed by atoms with Gasteiger partial charge in [-0.25, -0.2) is 8.42 Å². The molecule has 9 heteroatoms. The van der Waals surface area contributed by atoms with E-state index in [9.17, 15) is 18.0 Å². The zero-order valence-corrected chi connectivity index (χ0v) is 18.7. The van der Waals surface area contributed by atoms with E-state index < -0.39 is 21.8 Å². The Morgan fingerprint density at radius 2 is 1.53 bits per heavy atom. The van der Waals surface area contributed by atoms with Gasteiger partial charge in [0.1, 0.15) is 0 Å². The number of halogens is 1. The van der Waals surface area contributed by atoms with Gasteiger partial charge in [-0.1, -0.05) is 41.9 Å². The van der Waals surface area contributed by atoms with Crippen molar-refractivity contribution in [2.24, 2.45) is 0 Å². The van der Waals surface area contributed by atoms with E-state index in [1.54, 1.807) is 30.3 Å². The third-order valence-electron chi connectivity index (χ3n) is 5.17. The van der Waals surface area contributed by atoms with Crippen molar-refractivity contribution in [2.75, 3.05) is 4.31 Å². The van der Waals surface area contributed by atoms with E-state index in [1.807, 2.05) is 19.1 Å². The number of hydrazine groups is 1. The van der Waals surface area contributed by atoms with Gasteiger partial charge in [-0.15, -0.1) is 0 Å². The molecular formula is C23H20ClN3O4S. The smallest absolute Gasteiger partial charge is 0.267 e. The van der Waals surface area contributed by atoms with Gasteiger partial charge in [0.15, 0.2) is 0 Å². The van der Waals surface area contributed by atoms with Gasteiger partial charge in [-0.05, 0) is 61.4 Å². The lowest BCUT2D eigenvalue weighted by Crippen LogP contribution is -2.41. The maximum atomic E-state index is 13.4. The Bertz CT molecular complexity index is 1310. The van der Waals surface area contributed by atoms with Crippen LogP contribution in [0.3, 0.4) is 0 Å². The lowest BCUT2D eigenvalue weighted by molar-refractivity contribution is 0.0846.